The van der Waals surface area contributed by atoms with Crippen LogP contribution < -0.4 is 15.4 Å². The van der Waals surface area contributed by atoms with Gasteiger partial charge in [0.25, 0.3) is 0 Å². The molecule has 1 saturated heterocycles. The molecule has 0 radical (unpaired) electrons. The average molecular weight is 409 g/mol. The minimum atomic E-state index is -0.273. The molecular weight excluding hydrogens is 382 g/mol. The number of nitrogens with zero attached hydrogens (tertiary/aromatic N) is 1. The van der Waals surface area contributed by atoms with Gasteiger partial charge in [-0.3, -0.25) is 14.4 Å². The second kappa shape index (κ2) is 9.91. The molecule has 158 valence electrons. The number of carbonyl (C=O) groups excluding carboxylic acids is 3. The van der Waals surface area contributed by atoms with Gasteiger partial charge in [0.15, 0.2) is 0 Å². The Labute approximate surface area is 176 Å². The number of methoxy groups -OCH3 is 1. The van der Waals surface area contributed by atoms with Gasteiger partial charge >= 0.3 is 0 Å². The number of hydrogen-bond acceptors (Lipinski definition) is 4. The third-order valence-electron chi connectivity index (χ3n) is 5.12. The molecule has 3 rings (SSSR count). The molecule has 2 aromatic carbocycles. The molecule has 1 aliphatic rings. The molecule has 0 unspecified atom stereocenters. The summed E-state index contributed by atoms with van der Waals surface area (Å²) in [6.07, 6.45) is 1.86. The standard InChI is InChI=1S/C23H27N3O4/c1-16(27)24-20-14-19(10-11-21(20)30-2)25-23(29)18-9-6-12-26(15-18)22(28)13-17-7-4-3-5-8-17/h3-5,7-8,10-11,14,18H,6,9,12-13,15H2,1-2H3,(H,24,27)(H,25,29)/t18-/m1/s1. The summed E-state index contributed by atoms with van der Waals surface area (Å²) in [5.41, 5.74) is 2.03. The Morgan fingerprint density at radius 2 is 1.87 bits per heavy atom. The molecule has 0 aliphatic carbocycles. The number of nitrogens with one attached hydrogen (secondary N) is 2. The zero-order chi connectivity index (χ0) is 21.5. The van der Waals surface area contributed by atoms with Crippen LogP contribution in [-0.2, 0) is 20.8 Å². The van der Waals surface area contributed by atoms with E-state index < -0.39 is 0 Å². The van der Waals surface area contributed by atoms with Crippen molar-refractivity contribution in [3.05, 3.63) is 54.1 Å². The number of piperidine rings is 1. The van der Waals surface area contributed by atoms with Crippen LogP contribution in [0.5, 0.6) is 5.75 Å². The van der Waals surface area contributed by atoms with Crippen LogP contribution in [0.2, 0.25) is 0 Å². The molecule has 3 amide bonds. The van der Waals surface area contributed by atoms with E-state index in [1.54, 1.807) is 23.1 Å². The van der Waals surface area contributed by atoms with Gasteiger partial charge in [0, 0.05) is 25.7 Å². The van der Waals surface area contributed by atoms with E-state index in [0.29, 0.717) is 36.6 Å². The van der Waals surface area contributed by atoms with E-state index in [9.17, 15) is 14.4 Å². The van der Waals surface area contributed by atoms with E-state index >= 15 is 0 Å². The first-order chi connectivity index (χ1) is 14.5. The van der Waals surface area contributed by atoms with Crippen molar-refractivity contribution < 1.29 is 19.1 Å². The summed E-state index contributed by atoms with van der Waals surface area (Å²) in [6, 6.07) is 14.7. The van der Waals surface area contributed by atoms with Gasteiger partial charge in [-0.2, -0.15) is 0 Å². The van der Waals surface area contributed by atoms with E-state index in [1.807, 2.05) is 30.3 Å². The van der Waals surface area contributed by atoms with Crippen LogP contribution in [0.15, 0.2) is 48.5 Å². The zero-order valence-corrected chi connectivity index (χ0v) is 17.3. The number of rotatable bonds is 6. The third-order valence-corrected chi connectivity index (χ3v) is 5.12. The van der Waals surface area contributed by atoms with Gasteiger partial charge in [0.05, 0.1) is 25.1 Å². The first-order valence-corrected chi connectivity index (χ1v) is 10.0. The van der Waals surface area contributed by atoms with E-state index in [2.05, 4.69) is 10.6 Å². The van der Waals surface area contributed by atoms with Crippen molar-refractivity contribution in [3.63, 3.8) is 0 Å². The topological polar surface area (TPSA) is 87.7 Å². The summed E-state index contributed by atoms with van der Waals surface area (Å²) in [4.78, 5) is 38.6. The molecule has 2 N–H and O–H groups in total. The van der Waals surface area contributed by atoms with Crippen molar-refractivity contribution in [2.24, 2.45) is 5.92 Å². The summed E-state index contributed by atoms with van der Waals surface area (Å²) < 4.78 is 5.24. The van der Waals surface area contributed by atoms with E-state index in [1.165, 1.54) is 14.0 Å². The van der Waals surface area contributed by atoms with Gasteiger partial charge in [-0.25, -0.2) is 0 Å². The molecule has 0 aromatic heterocycles. The van der Waals surface area contributed by atoms with Gasteiger partial charge in [-0.1, -0.05) is 30.3 Å². The molecule has 1 aliphatic heterocycles. The van der Waals surface area contributed by atoms with Crippen molar-refractivity contribution in [1.29, 1.82) is 0 Å². The zero-order valence-electron chi connectivity index (χ0n) is 17.3. The number of carbonyl (C=O) groups is 3. The van der Waals surface area contributed by atoms with Gasteiger partial charge in [-0.15, -0.1) is 0 Å². The smallest absolute Gasteiger partial charge is 0.229 e. The van der Waals surface area contributed by atoms with Crippen LogP contribution in [-0.4, -0.2) is 42.8 Å². The molecule has 2 aromatic rings. The summed E-state index contributed by atoms with van der Waals surface area (Å²) in [5, 5.41) is 5.60. The van der Waals surface area contributed by atoms with E-state index in [-0.39, 0.29) is 23.6 Å². The Balaban J connectivity index is 1.62. The van der Waals surface area contributed by atoms with Gasteiger partial charge in [-0.05, 0) is 36.6 Å². The number of anilines is 2. The number of likely N-dealkylation sites (tertiary alicyclic amines) is 1. The number of hydrogen-bond donors (Lipinski definition) is 2. The van der Waals surface area contributed by atoms with Crippen molar-refractivity contribution in [1.82, 2.24) is 4.90 Å². The van der Waals surface area contributed by atoms with E-state index in [4.69, 9.17) is 4.74 Å². The maximum absolute atomic E-state index is 12.8. The molecular formula is C23H27N3O4. The second-order valence-electron chi connectivity index (χ2n) is 7.43. The van der Waals surface area contributed by atoms with Crippen molar-refractivity contribution in [3.8, 4) is 5.75 Å². The Morgan fingerprint density at radius 1 is 1.10 bits per heavy atom. The van der Waals surface area contributed by atoms with Gasteiger partial charge < -0.3 is 20.3 Å². The van der Waals surface area contributed by atoms with Crippen LogP contribution in [0.4, 0.5) is 11.4 Å². The molecule has 1 atom stereocenters. The molecule has 0 bridgehead atoms. The minimum Gasteiger partial charge on any atom is -0.495 e. The average Bonchev–Trinajstić information content (AvgIpc) is 2.74. The van der Waals surface area contributed by atoms with Crippen molar-refractivity contribution in [2.45, 2.75) is 26.2 Å². The lowest BCUT2D eigenvalue weighted by Crippen LogP contribution is -2.44. The minimum absolute atomic E-state index is 0.0380. The highest BCUT2D eigenvalue weighted by atomic mass is 16.5. The predicted molar refractivity (Wildman–Crippen MR) is 115 cm³/mol. The van der Waals surface area contributed by atoms with Crippen LogP contribution in [0.1, 0.15) is 25.3 Å². The molecule has 1 heterocycles. The highest BCUT2D eigenvalue weighted by molar-refractivity contribution is 5.96. The normalized spacial score (nSPS) is 15.9. The van der Waals surface area contributed by atoms with E-state index in [0.717, 1.165) is 18.4 Å². The fraction of sp³-hybridized carbons (Fsp3) is 0.348. The molecule has 0 spiro atoms. The van der Waals surface area contributed by atoms with Crippen LogP contribution >= 0.6 is 0 Å². The largest absolute Gasteiger partial charge is 0.495 e. The quantitative estimate of drug-likeness (QED) is 0.768. The Kier molecular flexibility index (Phi) is 7.06. The summed E-state index contributed by atoms with van der Waals surface area (Å²) in [5.74, 6) is -0.0813. The van der Waals surface area contributed by atoms with Crippen molar-refractivity contribution in [2.75, 3.05) is 30.8 Å². The van der Waals surface area contributed by atoms with Gasteiger partial charge in [0.2, 0.25) is 17.7 Å². The third kappa shape index (κ3) is 5.59. The summed E-state index contributed by atoms with van der Waals surface area (Å²) >= 11 is 0. The summed E-state index contributed by atoms with van der Waals surface area (Å²) in [6.45, 7) is 2.49. The SMILES string of the molecule is COc1ccc(NC(=O)[C@@H]2CCCN(C(=O)Cc3ccccc3)C2)cc1NC(C)=O. The van der Waals surface area contributed by atoms with Crippen LogP contribution in [0.25, 0.3) is 0 Å². The summed E-state index contributed by atoms with van der Waals surface area (Å²) in [7, 11) is 1.52. The van der Waals surface area contributed by atoms with Crippen LogP contribution in [0.3, 0.4) is 0 Å². The number of benzene rings is 2. The first kappa shape index (κ1) is 21.4. The molecule has 0 saturated carbocycles. The maximum Gasteiger partial charge on any atom is 0.229 e. The molecule has 7 heteroatoms. The lowest BCUT2D eigenvalue weighted by atomic mass is 9.96. The highest BCUT2D eigenvalue weighted by Crippen LogP contribution is 2.28. The van der Waals surface area contributed by atoms with Crippen LogP contribution in [0, 0.1) is 5.92 Å². The predicted octanol–water partition coefficient (Wildman–Crippen LogP) is 3.07. The highest BCUT2D eigenvalue weighted by Gasteiger charge is 2.28. The second-order valence-corrected chi connectivity index (χ2v) is 7.43. The number of ether oxygens (including phenoxy) is 1. The van der Waals surface area contributed by atoms with Crippen molar-refractivity contribution >= 4 is 29.1 Å². The maximum atomic E-state index is 12.8. The first-order valence-electron chi connectivity index (χ1n) is 10.0. The van der Waals surface area contributed by atoms with Gasteiger partial charge in [0.1, 0.15) is 5.75 Å². The number of amides is 3. The fourth-order valence-corrected chi connectivity index (χ4v) is 3.62. The lowest BCUT2D eigenvalue weighted by molar-refractivity contribution is -0.134. The Morgan fingerprint density at radius 3 is 2.57 bits per heavy atom. The lowest BCUT2D eigenvalue weighted by Gasteiger charge is -2.32. The molecule has 30 heavy (non-hydrogen) atoms. The Hall–Kier alpha value is -3.35. The monoisotopic (exact) mass is 409 g/mol. The molecule has 1 fully saturated rings. The molecule has 7 nitrogen and oxygen atoms in total. The fourth-order valence-electron chi connectivity index (χ4n) is 3.62. The Bertz CT molecular complexity index is 914.